The Labute approximate surface area is 126 Å². The molecule has 110 valence electrons. The Hall–Kier alpha value is -1.74. The van der Waals surface area contributed by atoms with Crippen LogP contribution in [0.4, 0.5) is 0 Å². The molecule has 2 aromatic rings. The number of nitrogens with zero attached hydrogens (tertiary/aromatic N) is 2. The fraction of sp³-hybridized carbons (Fsp3) is 0.444. The Morgan fingerprint density at radius 1 is 1.29 bits per heavy atom. The van der Waals surface area contributed by atoms with Gasteiger partial charge >= 0.3 is 0 Å². The highest BCUT2D eigenvalue weighted by Gasteiger charge is 2.21. The molecule has 1 fully saturated rings. The molecule has 1 aliphatic carbocycles. The summed E-state index contributed by atoms with van der Waals surface area (Å²) in [6.45, 7) is 3.17. The van der Waals surface area contributed by atoms with Crippen molar-refractivity contribution >= 4 is 0 Å². The van der Waals surface area contributed by atoms with Gasteiger partial charge in [-0.05, 0) is 42.9 Å². The van der Waals surface area contributed by atoms with Crippen LogP contribution in [0, 0.1) is 0 Å². The van der Waals surface area contributed by atoms with E-state index in [1.54, 1.807) is 12.4 Å². The normalized spacial score (nSPS) is 16.4. The first-order valence-corrected chi connectivity index (χ1v) is 7.97. The zero-order valence-corrected chi connectivity index (χ0v) is 12.6. The van der Waals surface area contributed by atoms with Gasteiger partial charge in [-0.1, -0.05) is 37.6 Å². The van der Waals surface area contributed by atoms with Crippen molar-refractivity contribution in [2.75, 3.05) is 6.54 Å². The largest absolute Gasteiger partial charge is 0.305 e. The van der Waals surface area contributed by atoms with E-state index in [1.807, 2.05) is 6.20 Å². The number of nitrogens with one attached hydrogen (secondary N) is 1. The lowest BCUT2D eigenvalue weighted by molar-refractivity contribution is 0.419. The van der Waals surface area contributed by atoms with Gasteiger partial charge in [0.15, 0.2) is 0 Å². The molecule has 1 aliphatic rings. The highest BCUT2D eigenvalue weighted by molar-refractivity contribution is 5.33. The topological polar surface area (TPSA) is 37.8 Å². The fourth-order valence-corrected chi connectivity index (χ4v) is 2.88. The molecule has 1 atom stereocenters. The molecular formula is C18H23N3. The lowest BCUT2D eigenvalue weighted by atomic mass is 9.79. The van der Waals surface area contributed by atoms with Crippen molar-refractivity contribution in [2.45, 2.75) is 44.6 Å². The first kappa shape index (κ1) is 14.2. The molecule has 1 aromatic carbocycles. The third-order valence-electron chi connectivity index (χ3n) is 4.30. The van der Waals surface area contributed by atoms with E-state index in [1.165, 1.54) is 30.4 Å². The summed E-state index contributed by atoms with van der Waals surface area (Å²) < 4.78 is 0. The summed E-state index contributed by atoms with van der Waals surface area (Å²) in [6.07, 6.45) is 10.5. The van der Waals surface area contributed by atoms with Crippen molar-refractivity contribution in [3.05, 3.63) is 59.7 Å². The van der Waals surface area contributed by atoms with Crippen LogP contribution in [0.25, 0.3) is 0 Å². The van der Waals surface area contributed by atoms with Crippen LogP contribution in [0.5, 0.6) is 0 Å². The van der Waals surface area contributed by atoms with Crippen LogP contribution in [0.15, 0.2) is 42.9 Å². The van der Waals surface area contributed by atoms with E-state index in [9.17, 15) is 0 Å². The predicted octanol–water partition coefficient (Wildman–Crippen LogP) is 3.83. The molecule has 3 nitrogen and oxygen atoms in total. The van der Waals surface area contributed by atoms with Gasteiger partial charge in [-0.15, -0.1) is 0 Å². The molecule has 1 heterocycles. The van der Waals surface area contributed by atoms with E-state index >= 15 is 0 Å². The molecule has 1 saturated carbocycles. The third kappa shape index (κ3) is 3.30. The minimum atomic E-state index is 0.138. The van der Waals surface area contributed by atoms with Gasteiger partial charge in [0.1, 0.15) is 0 Å². The Morgan fingerprint density at radius 3 is 2.86 bits per heavy atom. The summed E-state index contributed by atoms with van der Waals surface area (Å²) in [5.74, 6) is 0.763. The first-order valence-electron chi connectivity index (χ1n) is 7.97. The van der Waals surface area contributed by atoms with Gasteiger partial charge in [0, 0.05) is 12.4 Å². The lowest BCUT2D eigenvalue weighted by Gasteiger charge is -2.27. The maximum absolute atomic E-state index is 4.49. The molecule has 1 unspecified atom stereocenters. The number of aromatic nitrogens is 2. The lowest BCUT2D eigenvalue weighted by Crippen LogP contribution is -2.24. The summed E-state index contributed by atoms with van der Waals surface area (Å²) in [7, 11) is 0. The molecule has 1 N–H and O–H groups in total. The van der Waals surface area contributed by atoms with Gasteiger partial charge < -0.3 is 5.32 Å². The van der Waals surface area contributed by atoms with Crippen LogP contribution in [0.1, 0.15) is 61.4 Å². The zero-order valence-electron chi connectivity index (χ0n) is 12.6. The Kier molecular flexibility index (Phi) is 4.61. The molecule has 3 heteroatoms. The summed E-state index contributed by atoms with van der Waals surface area (Å²) in [5, 5.41) is 3.60. The summed E-state index contributed by atoms with van der Waals surface area (Å²) in [5.41, 5.74) is 3.77. The van der Waals surface area contributed by atoms with Crippen molar-refractivity contribution in [2.24, 2.45) is 0 Å². The van der Waals surface area contributed by atoms with Gasteiger partial charge in [0.25, 0.3) is 0 Å². The smallest absolute Gasteiger partial charge is 0.0801 e. The van der Waals surface area contributed by atoms with Crippen LogP contribution in [-0.4, -0.2) is 16.5 Å². The molecule has 0 aliphatic heterocycles. The Balaban J connectivity index is 1.88. The monoisotopic (exact) mass is 281 g/mol. The molecule has 0 bridgehead atoms. The van der Waals surface area contributed by atoms with Gasteiger partial charge in [0.05, 0.1) is 17.9 Å². The molecule has 0 radical (unpaired) electrons. The molecule has 0 spiro atoms. The van der Waals surface area contributed by atoms with Crippen molar-refractivity contribution < 1.29 is 0 Å². The van der Waals surface area contributed by atoms with E-state index < -0.39 is 0 Å². The zero-order chi connectivity index (χ0) is 14.5. The Bertz CT molecular complexity index is 564. The second kappa shape index (κ2) is 6.81. The van der Waals surface area contributed by atoms with Crippen molar-refractivity contribution in [3.8, 4) is 0 Å². The maximum atomic E-state index is 4.49. The highest BCUT2D eigenvalue weighted by atomic mass is 14.9. The van der Waals surface area contributed by atoms with Gasteiger partial charge in [-0.2, -0.15) is 0 Å². The van der Waals surface area contributed by atoms with E-state index in [0.717, 1.165) is 24.6 Å². The summed E-state index contributed by atoms with van der Waals surface area (Å²) in [4.78, 5) is 8.71. The minimum absolute atomic E-state index is 0.138. The number of hydrogen-bond donors (Lipinski definition) is 1. The summed E-state index contributed by atoms with van der Waals surface area (Å²) >= 11 is 0. The Morgan fingerprint density at radius 2 is 2.19 bits per heavy atom. The SMILES string of the molecule is CCCNC(c1cccc(C2CCC2)c1)c1cnccn1. The average Bonchev–Trinajstić information content (AvgIpc) is 2.47. The molecule has 1 aromatic heterocycles. The first-order chi connectivity index (χ1) is 10.4. The summed E-state index contributed by atoms with van der Waals surface area (Å²) in [6, 6.07) is 9.13. The van der Waals surface area contributed by atoms with E-state index in [-0.39, 0.29) is 6.04 Å². The second-order valence-corrected chi connectivity index (χ2v) is 5.82. The molecule has 3 rings (SSSR count). The number of hydrogen-bond acceptors (Lipinski definition) is 3. The third-order valence-corrected chi connectivity index (χ3v) is 4.30. The van der Waals surface area contributed by atoms with Crippen LogP contribution < -0.4 is 5.32 Å². The fourth-order valence-electron chi connectivity index (χ4n) is 2.88. The molecule has 21 heavy (non-hydrogen) atoms. The molecule has 0 amide bonds. The van der Waals surface area contributed by atoms with Crippen LogP contribution >= 0.6 is 0 Å². The van der Waals surface area contributed by atoms with Crippen LogP contribution in [-0.2, 0) is 0 Å². The maximum Gasteiger partial charge on any atom is 0.0801 e. The predicted molar refractivity (Wildman–Crippen MR) is 85.2 cm³/mol. The van der Waals surface area contributed by atoms with Gasteiger partial charge in [-0.3, -0.25) is 9.97 Å². The van der Waals surface area contributed by atoms with Crippen molar-refractivity contribution in [1.29, 1.82) is 0 Å². The van der Waals surface area contributed by atoms with Crippen molar-refractivity contribution in [1.82, 2.24) is 15.3 Å². The van der Waals surface area contributed by atoms with E-state index in [2.05, 4.69) is 46.5 Å². The second-order valence-electron chi connectivity index (χ2n) is 5.82. The number of rotatable bonds is 6. The highest BCUT2D eigenvalue weighted by Crippen LogP contribution is 2.37. The van der Waals surface area contributed by atoms with Gasteiger partial charge in [0.2, 0.25) is 0 Å². The van der Waals surface area contributed by atoms with Gasteiger partial charge in [-0.25, -0.2) is 0 Å². The molecule has 0 saturated heterocycles. The van der Waals surface area contributed by atoms with E-state index in [0.29, 0.717) is 0 Å². The van der Waals surface area contributed by atoms with E-state index in [4.69, 9.17) is 0 Å². The average molecular weight is 281 g/mol. The van der Waals surface area contributed by atoms with Crippen LogP contribution in [0.3, 0.4) is 0 Å². The standard InChI is InChI=1S/C18H23N3/c1-2-9-21-18(17-13-19-10-11-20-17)16-8-4-7-15(12-16)14-5-3-6-14/h4,7-8,10-14,18,21H,2-3,5-6,9H2,1H3. The number of benzene rings is 1. The minimum Gasteiger partial charge on any atom is -0.305 e. The van der Waals surface area contributed by atoms with Crippen molar-refractivity contribution in [3.63, 3.8) is 0 Å². The van der Waals surface area contributed by atoms with Crippen LogP contribution in [0.2, 0.25) is 0 Å². The quantitative estimate of drug-likeness (QED) is 0.874. The molecular weight excluding hydrogens is 258 g/mol.